The number of thioether (sulfide) groups is 1. The number of hydrogen-bond acceptors (Lipinski definition) is 3. The Morgan fingerprint density at radius 2 is 2.10 bits per heavy atom. The van der Waals surface area contributed by atoms with Crippen LogP contribution in [0.15, 0.2) is 29.2 Å². The van der Waals surface area contributed by atoms with Gasteiger partial charge in [-0.15, -0.1) is 11.8 Å². The molecule has 0 aliphatic heterocycles. The van der Waals surface area contributed by atoms with Crippen molar-refractivity contribution in [2.45, 2.75) is 44.6 Å². The maximum atomic E-state index is 11.8. The number of nitrogens with one attached hydrogen (secondary N) is 1. The molecule has 0 spiro atoms. The quantitative estimate of drug-likeness (QED) is 0.714. The molecule has 1 unspecified atom stereocenters. The molecule has 2 N–H and O–H groups in total. The van der Waals surface area contributed by atoms with Crippen LogP contribution in [-0.2, 0) is 4.79 Å². The van der Waals surface area contributed by atoms with Crippen LogP contribution in [0, 0.1) is 5.41 Å². The molecule has 0 aliphatic carbocycles. The first-order valence-electron chi connectivity index (χ1n) is 7.12. The van der Waals surface area contributed by atoms with Gasteiger partial charge in [-0.1, -0.05) is 37.6 Å². The van der Waals surface area contributed by atoms with Gasteiger partial charge >= 0.3 is 0 Å². The highest BCUT2D eigenvalue weighted by Gasteiger charge is 2.20. The summed E-state index contributed by atoms with van der Waals surface area (Å²) < 4.78 is 0. The average molecular weight is 330 g/mol. The minimum absolute atomic E-state index is 0.0354. The summed E-state index contributed by atoms with van der Waals surface area (Å²) >= 11 is 7.65. The van der Waals surface area contributed by atoms with Crippen molar-refractivity contribution in [1.82, 2.24) is 5.32 Å². The lowest BCUT2D eigenvalue weighted by Crippen LogP contribution is -2.35. The summed E-state index contributed by atoms with van der Waals surface area (Å²) in [6.45, 7) is 6.42. The smallest absolute Gasteiger partial charge is 0.220 e. The van der Waals surface area contributed by atoms with E-state index in [0.717, 1.165) is 9.92 Å². The lowest BCUT2D eigenvalue weighted by molar-refractivity contribution is -0.121. The Kier molecular flexibility index (Phi) is 7.57. The van der Waals surface area contributed by atoms with E-state index in [4.69, 9.17) is 11.6 Å². The second-order valence-electron chi connectivity index (χ2n) is 6.02. The molecule has 0 saturated carbocycles. The number of aliphatic hydroxyl groups is 1. The molecule has 1 aromatic rings. The van der Waals surface area contributed by atoms with Gasteiger partial charge in [0.15, 0.2) is 0 Å². The lowest BCUT2D eigenvalue weighted by Gasteiger charge is -2.26. The molecule has 0 fully saturated rings. The molecule has 1 aromatic carbocycles. The Balaban J connectivity index is 2.27. The van der Waals surface area contributed by atoms with Crippen LogP contribution in [0.25, 0.3) is 0 Å². The van der Waals surface area contributed by atoms with E-state index < -0.39 is 0 Å². The maximum Gasteiger partial charge on any atom is 0.220 e. The molecule has 5 heteroatoms. The van der Waals surface area contributed by atoms with Gasteiger partial charge in [0.2, 0.25) is 5.91 Å². The second-order valence-corrected chi connectivity index (χ2v) is 7.57. The molecule has 21 heavy (non-hydrogen) atoms. The molecule has 1 atom stereocenters. The number of halogens is 1. The van der Waals surface area contributed by atoms with E-state index in [1.165, 1.54) is 0 Å². The largest absolute Gasteiger partial charge is 0.393 e. The Labute approximate surface area is 136 Å². The van der Waals surface area contributed by atoms with Crippen molar-refractivity contribution >= 4 is 29.3 Å². The molecular formula is C16H24ClNO2S. The van der Waals surface area contributed by atoms with E-state index >= 15 is 0 Å². The monoisotopic (exact) mass is 329 g/mol. The summed E-state index contributed by atoms with van der Waals surface area (Å²) in [7, 11) is 0. The molecule has 0 aromatic heterocycles. The molecule has 0 saturated heterocycles. The van der Waals surface area contributed by atoms with Crippen molar-refractivity contribution in [3.8, 4) is 0 Å². The van der Waals surface area contributed by atoms with Crippen molar-refractivity contribution in [3.63, 3.8) is 0 Å². The first-order valence-corrected chi connectivity index (χ1v) is 8.48. The van der Waals surface area contributed by atoms with Gasteiger partial charge in [-0.3, -0.25) is 4.79 Å². The predicted molar refractivity (Wildman–Crippen MR) is 89.9 cm³/mol. The van der Waals surface area contributed by atoms with Crippen LogP contribution in [0.3, 0.4) is 0 Å². The van der Waals surface area contributed by atoms with Crippen molar-refractivity contribution < 1.29 is 9.90 Å². The third-order valence-electron chi connectivity index (χ3n) is 3.04. The van der Waals surface area contributed by atoms with E-state index in [9.17, 15) is 9.90 Å². The van der Waals surface area contributed by atoms with Gasteiger partial charge in [-0.25, -0.2) is 0 Å². The van der Waals surface area contributed by atoms with Gasteiger partial charge in [0, 0.05) is 23.6 Å². The predicted octanol–water partition coefficient (Wildman–Crippen LogP) is 3.74. The number of amides is 1. The summed E-state index contributed by atoms with van der Waals surface area (Å²) in [6.07, 6.45) is 0.773. The van der Waals surface area contributed by atoms with Gasteiger partial charge < -0.3 is 10.4 Å². The highest BCUT2D eigenvalue weighted by molar-refractivity contribution is 7.99. The minimum Gasteiger partial charge on any atom is -0.393 e. The zero-order valence-corrected chi connectivity index (χ0v) is 14.4. The van der Waals surface area contributed by atoms with Crippen molar-refractivity contribution in [2.75, 3.05) is 12.3 Å². The van der Waals surface area contributed by atoms with Crippen molar-refractivity contribution in [2.24, 2.45) is 5.41 Å². The first-order chi connectivity index (χ1) is 9.80. The normalized spacial score (nSPS) is 13.0. The zero-order valence-electron chi connectivity index (χ0n) is 12.9. The number of carbonyl (C=O) groups excluding carboxylic acids is 1. The summed E-state index contributed by atoms with van der Waals surface area (Å²) in [4.78, 5) is 12.8. The molecule has 118 valence electrons. The highest BCUT2D eigenvalue weighted by atomic mass is 35.5. The van der Waals surface area contributed by atoms with Gasteiger partial charge in [-0.05, 0) is 30.9 Å². The Morgan fingerprint density at radius 1 is 1.43 bits per heavy atom. The van der Waals surface area contributed by atoms with Crippen LogP contribution in [0.5, 0.6) is 0 Å². The molecule has 0 aliphatic rings. The van der Waals surface area contributed by atoms with E-state index in [1.807, 2.05) is 38.1 Å². The lowest BCUT2D eigenvalue weighted by atomic mass is 9.87. The van der Waals surface area contributed by atoms with Gasteiger partial charge in [-0.2, -0.15) is 0 Å². The van der Waals surface area contributed by atoms with Gasteiger partial charge in [0.1, 0.15) is 0 Å². The van der Waals surface area contributed by atoms with E-state index in [1.54, 1.807) is 18.7 Å². The van der Waals surface area contributed by atoms with Crippen LogP contribution in [0.1, 0.15) is 33.6 Å². The number of benzene rings is 1. The van der Waals surface area contributed by atoms with Crippen LogP contribution < -0.4 is 5.32 Å². The van der Waals surface area contributed by atoms with Crippen molar-refractivity contribution in [3.05, 3.63) is 29.3 Å². The molecule has 1 amide bonds. The van der Waals surface area contributed by atoms with E-state index in [-0.39, 0.29) is 17.4 Å². The third-order valence-corrected chi connectivity index (χ3v) is 4.55. The average Bonchev–Trinajstić information content (AvgIpc) is 2.37. The summed E-state index contributed by atoms with van der Waals surface area (Å²) in [6, 6.07) is 7.63. The van der Waals surface area contributed by atoms with Crippen LogP contribution in [-0.4, -0.2) is 29.4 Å². The summed E-state index contributed by atoms with van der Waals surface area (Å²) in [5.74, 6) is 0.736. The molecule has 1 rings (SSSR count). The zero-order chi connectivity index (χ0) is 15.9. The summed E-state index contributed by atoms with van der Waals surface area (Å²) in [5, 5.41) is 13.1. The third kappa shape index (κ3) is 7.74. The topological polar surface area (TPSA) is 49.3 Å². The molecule has 0 heterocycles. The van der Waals surface area contributed by atoms with Crippen molar-refractivity contribution in [1.29, 1.82) is 0 Å². The fourth-order valence-corrected chi connectivity index (χ4v) is 3.30. The number of carbonyl (C=O) groups is 1. The fourth-order valence-electron chi connectivity index (χ4n) is 2.11. The highest BCUT2D eigenvalue weighted by Crippen LogP contribution is 2.27. The van der Waals surface area contributed by atoms with E-state index in [2.05, 4.69) is 5.32 Å². The maximum absolute atomic E-state index is 11.8. The van der Waals surface area contributed by atoms with E-state index in [0.29, 0.717) is 25.1 Å². The van der Waals surface area contributed by atoms with Gasteiger partial charge in [0.05, 0.1) is 11.1 Å². The SMILES string of the molecule is CC(O)CC(C)(C)CNC(=O)CCSc1ccccc1Cl. The van der Waals surface area contributed by atoms with Crippen LogP contribution in [0.2, 0.25) is 5.02 Å². The molecular weight excluding hydrogens is 306 g/mol. The summed E-state index contributed by atoms with van der Waals surface area (Å²) in [5.41, 5.74) is -0.0975. The minimum atomic E-state index is -0.354. The first kappa shape index (κ1) is 18.3. The van der Waals surface area contributed by atoms with Gasteiger partial charge in [0.25, 0.3) is 0 Å². The number of rotatable bonds is 8. The Morgan fingerprint density at radius 3 is 2.71 bits per heavy atom. The standard InChI is InChI=1S/C16H24ClNO2S/c1-12(19)10-16(2,3)11-18-15(20)8-9-21-14-7-5-4-6-13(14)17/h4-7,12,19H,8-11H2,1-3H3,(H,18,20). The fraction of sp³-hybridized carbons (Fsp3) is 0.562. The molecule has 0 bridgehead atoms. The molecule has 0 radical (unpaired) electrons. The molecule has 3 nitrogen and oxygen atoms in total. The second kappa shape index (κ2) is 8.66. The van der Waals surface area contributed by atoms with Crippen LogP contribution >= 0.6 is 23.4 Å². The number of aliphatic hydroxyl groups excluding tert-OH is 1. The Hall–Kier alpha value is -0.710. The Bertz CT molecular complexity index is 463. The number of hydrogen-bond donors (Lipinski definition) is 2. The van der Waals surface area contributed by atoms with Crippen LogP contribution in [0.4, 0.5) is 0 Å².